The van der Waals surface area contributed by atoms with Crippen LogP contribution in [0.4, 0.5) is 0 Å². The van der Waals surface area contributed by atoms with Gasteiger partial charge in [0.05, 0.1) is 12.0 Å². The highest BCUT2D eigenvalue weighted by molar-refractivity contribution is 5.84. The fourth-order valence-electron chi connectivity index (χ4n) is 2.82. The molecule has 18 heavy (non-hydrogen) atoms. The van der Waals surface area contributed by atoms with Gasteiger partial charge < -0.3 is 16.0 Å². The SMILES string of the molecule is CC(C)C(N)CC(=O)N1CCCC2C(=O)NCC21. The van der Waals surface area contributed by atoms with E-state index < -0.39 is 0 Å². The zero-order chi connectivity index (χ0) is 13.3. The molecular weight excluding hydrogens is 230 g/mol. The maximum Gasteiger partial charge on any atom is 0.225 e. The highest BCUT2D eigenvalue weighted by Gasteiger charge is 2.42. The lowest BCUT2D eigenvalue weighted by Gasteiger charge is -2.36. The Morgan fingerprint density at radius 2 is 2.28 bits per heavy atom. The molecule has 0 aromatic heterocycles. The summed E-state index contributed by atoms with van der Waals surface area (Å²) >= 11 is 0. The van der Waals surface area contributed by atoms with Gasteiger partial charge in [0.15, 0.2) is 0 Å². The largest absolute Gasteiger partial charge is 0.354 e. The summed E-state index contributed by atoms with van der Waals surface area (Å²) in [5, 5.41) is 2.86. The lowest BCUT2D eigenvalue weighted by molar-refractivity contribution is -0.137. The first-order valence-electron chi connectivity index (χ1n) is 6.83. The molecule has 2 fully saturated rings. The maximum atomic E-state index is 12.3. The van der Waals surface area contributed by atoms with Crippen molar-refractivity contribution in [1.82, 2.24) is 10.2 Å². The molecule has 3 unspecified atom stereocenters. The number of fused-ring (bicyclic) bond motifs is 1. The predicted octanol–water partition coefficient (Wildman–Crippen LogP) is 0.0968. The number of amides is 2. The molecule has 0 bridgehead atoms. The Morgan fingerprint density at radius 1 is 1.56 bits per heavy atom. The van der Waals surface area contributed by atoms with E-state index in [1.807, 2.05) is 18.7 Å². The van der Waals surface area contributed by atoms with Crippen molar-refractivity contribution in [3.8, 4) is 0 Å². The third-order valence-electron chi connectivity index (χ3n) is 4.19. The third-order valence-corrected chi connectivity index (χ3v) is 4.19. The van der Waals surface area contributed by atoms with Crippen LogP contribution < -0.4 is 11.1 Å². The van der Waals surface area contributed by atoms with Crippen LogP contribution in [0.25, 0.3) is 0 Å². The highest BCUT2D eigenvalue weighted by Crippen LogP contribution is 2.28. The molecule has 2 saturated heterocycles. The van der Waals surface area contributed by atoms with E-state index in [-0.39, 0.29) is 29.8 Å². The third kappa shape index (κ3) is 2.51. The lowest BCUT2D eigenvalue weighted by Crippen LogP contribution is -2.50. The molecule has 0 spiro atoms. The van der Waals surface area contributed by atoms with Gasteiger partial charge in [-0.1, -0.05) is 13.8 Å². The quantitative estimate of drug-likeness (QED) is 0.749. The van der Waals surface area contributed by atoms with Crippen LogP contribution in [0.15, 0.2) is 0 Å². The Labute approximate surface area is 108 Å². The van der Waals surface area contributed by atoms with Gasteiger partial charge in [0.25, 0.3) is 0 Å². The van der Waals surface area contributed by atoms with Crippen molar-refractivity contribution in [2.24, 2.45) is 17.6 Å². The first-order valence-corrected chi connectivity index (χ1v) is 6.83. The summed E-state index contributed by atoms with van der Waals surface area (Å²) in [6, 6.07) is -0.0407. The van der Waals surface area contributed by atoms with Crippen LogP contribution in [0.3, 0.4) is 0 Å². The smallest absolute Gasteiger partial charge is 0.225 e. The number of hydrogen-bond acceptors (Lipinski definition) is 3. The molecular formula is C13H23N3O2. The number of piperidine rings is 1. The molecule has 2 rings (SSSR count). The van der Waals surface area contributed by atoms with Gasteiger partial charge in [-0.15, -0.1) is 0 Å². The number of carbonyl (C=O) groups is 2. The van der Waals surface area contributed by atoms with E-state index in [1.165, 1.54) is 0 Å². The minimum Gasteiger partial charge on any atom is -0.354 e. The fraction of sp³-hybridized carbons (Fsp3) is 0.846. The first kappa shape index (κ1) is 13.3. The molecule has 0 aromatic carbocycles. The number of nitrogens with one attached hydrogen (secondary N) is 1. The van der Waals surface area contributed by atoms with Gasteiger partial charge in [0.1, 0.15) is 0 Å². The second kappa shape index (κ2) is 5.26. The van der Waals surface area contributed by atoms with E-state index in [9.17, 15) is 9.59 Å². The van der Waals surface area contributed by atoms with Crippen molar-refractivity contribution in [3.05, 3.63) is 0 Å². The summed E-state index contributed by atoms with van der Waals surface area (Å²) in [5.74, 6) is 0.504. The molecule has 2 heterocycles. The number of rotatable bonds is 3. The molecule has 102 valence electrons. The zero-order valence-electron chi connectivity index (χ0n) is 11.2. The minimum atomic E-state index is -0.0945. The van der Waals surface area contributed by atoms with Crippen LogP contribution >= 0.6 is 0 Å². The molecule has 0 aliphatic carbocycles. The van der Waals surface area contributed by atoms with Gasteiger partial charge >= 0.3 is 0 Å². The standard InChI is InChI=1S/C13H23N3O2/c1-8(2)10(14)6-12(17)16-5-3-4-9-11(16)7-15-13(9)18/h8-11H,3-7,14H2,1-2H3,(H,15,18). The van der Waals surface area contributed by atoms with E-state index in [4.69, 9.17) is 5.73 Å². The van der Waals surface area contributed by atoms with E-state index in [0.717, 1.165) is 19.4 Å². The molecule has 2 amide bonds. The molecule has 5 nitrogen and oxygen atoms in total. The van der Waals surface area contributed by atoms with Crippen molar-refractivity contribution >= 4 is 11.8 Å². The van der Waals surface area contributed by atoms with Crippen LogP contribution in [-0.2, 0) is 9.59 Å². The topological polar surface area (TPSA) is 75.4 Å². The molecule has 2 aliphatic heterocycles. The average molecular weight is 253 g/mol. The second-order valence-electron chi connectivity index (χ2n) is 5.76. The molecule has 3 N–H and O–H groups in total. The van der Waals surface area contributed by atoms with Crippen molar-refractivity contribution < 1.29 is 9.59 Å². The highest BCUT2D eigenvalue weighted by atomic mass is 16.2. The Hall–Kier alpha value is -1.10. The van der Waals surface area contributed by atoms with Gasteiger partial charge in [-0.2, -0.15) is 0 Å². The van der Waals surface area contributed by atoms with Crippen molar-refractivity contribution in [2.45, 2.75) is 45.2 Å². The first-order chi connectivity index (χ1) is 8.50. The number of nitrogens with zero attached hydrogens (tertiary/aromatic N) is 1. The van der Waals surface area contributed by atoms with Gasteiger partial charge in [-0.3, -0.25) is 9.59 Å². The summed E-state index contributed by atoms with van der Waals surface area (Å²) in [5.41, 5.74) is 5.96. The number of likely N-dealkylation sites (tertiary alicyclic amines) is 1. The monoisotopic (exact) mass is 253 g/mol. The lowest BCUT2D eigenvalue weighted by atomic mass is 9.90. The van der Waals surface area contributed by atoms with Crippen LogP contribution in [0.2, 0.25) is 0 Å². The van der Waals surface area contributed by atoms with Crippen LogP contribution in [0.1, 0.15) is 33.1 Å². The summed E-state index contributed by atoms with van der Waals surface area (Å²) in [6.45, 7) is 5.42. The molecule has 3 atom stereocenters. The minimum absolute atomic E-state index is 0.00188. The number of hydrogen-bond donors (Lipinski definition) is 2. The van der Waals surface area contributed by atoms with Gasteiger partial charge in [-0.25, -0.2) is 0 Å². The Balaban J connectivity index is 1.99. The van der Waals surface area contributed by atoms with Crippen LogP contribution in [0, 0.1) is 11.8 Å². The summed E-state index contributed by atoms with van der Waals surface area (Å²) < 4.78 is 0. The average Bonchev–Trinajstić information content (AvgIpc) is 2.71. The van der Waals surface area contributed by atoms with Crippen molar-refractivity contribution in [1.29, 1.82) is 0 Å². The molecule has 5 heteroatoms. The normalized spacial score (nSPS) is 29.1. The molecule has 2 aliphatic rings. The summed E-state index contributed by atoms with van der Waals surface area (Å²) in [7, 11) is 0. The van der Waals surface area contributed by atoms with E-state index in [2.05, 4.69) is 5.32 Å². The van der Waals surface area contributed by atoms with Crippen molar-refractivity contribution in [2.75, 3.05) is 13.1 Å². The Bertz CT molecular complexity index is 343. The van der Waals surface area contributed by atoms with Crippen molar-refractivity contribution in [3.63, 3.8) is 0 Å². The zero-order valence-corrected chi connectivity index (χ0v) is 11.2. The van der Waals surface area contributed by atoms with E-state index >= 15 is 0 Å². The summed E-state index contributed by atoms with van der Waals surface area (Å²) in [4.78, 5) is 25.8. The maximum absolute atomic E-state index is 12.3. The van der Waals surface area contributed by atoms with Gasteiger partial charge in [0, 0.05) is 25.6 Å². The van der Waals surface area contributed by atoms with E-state index in [1.54, 1.807) is 0 Å². The number of carbonyl (C=O) groups excluding carboxylic acids is 2. The molecule has 0 radical (unpaired) electrons. The van der Waals surface area contributed by atoms with Gasteiger partial charge in [0.2, 0.25) is 11.8 Å². The Morgan fingerprint density at radius 3 is 2.94 bits per heavy atom. The van der Waals surface area contributed by atoms with Crippen LogP contribution in [0.5, 0.6) is 0 Å². The Kier molecular flexibility index (Phi) is 3.90. The second-order valence-corrected chi connectivity index (χ2v) is 5.76. The predicted molar refractivity (Wildman–Crippen MR) is 68.7 cm³/mol. The number of nitrogens with two attached hydrogens (primary N) is 1. The van der Waals surface area contributed by atoms with Crippen LogP contribution in [-0.4, -0.2) is 41.9 Å². The molecule has 0 aromatic rings. The van der Waals surface area contributed by atoms with E-state index in [0.29, 0.717) is 18.9 Å². The summed E-state index contributed by atoms with van der Waals surface area (Å²) in [6.07, 6.45) is 2.20. The fourth-order valence-corrected chi connectivity index (χ4v) is 2.82. The van der Waals surface area contributed by atoms with Gasteiger partial charge in [-0.05, 0) is 18.8 Å². The molecule has 0 saturated carbocycles.